The minimum Gasteiger partial charge on any atom is -0.489 e. The van der Waals surface area contributed by atoms with Gasteiger partial charge in [0, 0.05) is 16.8 Å². The van der Waals surface area contributed by atoms with Crippen LogP contribution in [0.1, 0.15) is 47.8 Å². The predicted molar refractivity (Wildman–Crippen MR) is 137 cm³/mol. The largest absolute Gasteiger partial charge is 0.489 e. The van der Waals surface area contributed by atoms with Gasteiger partial charge in [0.15, 0.2) is 0 Å². The maximum atomic E-state index is 12.8. The van der Waals surface area contributed by atoms with Gasteiger partial charge < -0.3 is 10.1 Å². The third kappa shape index (κ3) is 6.27. The Labute approximate surface area is 205 Å². The van der Waals surface area contributed by atoms with Gasteiger partial charge in [-0.1, -0.05) is 68.8 Å². The van der Waals surface area contributed by atoms with Crippen molar-refractivity contribution >= 4 is 23.2 Å². The molecule has 3 aromatic carbocycles. The van der Waals surface area contributed by atoms with Gasteiger partial charge in [0.1, 0.15) is 12.4 Å². The Hall–Kier alpha value is -3.57. The van der Waals surface area contributed by atoms with Crippen LogP contribution in [0.4, 0.5) is 5.69 Å². The molecule has 0 aliphatic heterocycles. The summed E-state index contributed by atoms with van der Waals surface area (Å²) in [7, 11) is 0. The van der Waals surface area contributed by atoms with Gasteiger partial charge in [-0.05, 0) is 58.5 Å². The summed E-state index contributed by atoms with van der Waals surface area (Å²) < 4.78 is 7.69. The lowest BCUT2D eigenvalue weighted by Gasteiger charge is -2.19. The Kier molecular flexibility index (Phi) is 7.03. The Bertz CT molecular complexity index is 1270. The molecule has 1 N–H and O–H groups in total. The van der Waals surface area contributed by atoms with Gasteiger partial charge in [0.2, 0.25) is 0 Å². The summed E-state index contributed by atoms with van der Waals surface area (Å²) in [5.41, 5.74) is 4.51. The van der Waals surface area contributed by atoms with Crippen LogP contribution < -0.4 is 10.1 Å². The molecule has 4 aromatic rings. The molecule has 174 valence electrons. The first-order valence-corrected chi connectivity index (χ1v) is 11.5. The molecule has 1 amide bonds. The minimum atomic E-state index is -0.196. The van der Waals surface area contributed by atoms with Crippen LogP contribution in [0, 0.1) is 0 Å². The van der Waals surface area contributed by atoms with E-state index < -0.39 is 0 Å². The van der Waals surface area contributed by atoms with E-state index in [2.05, 4.69) is 43.3 Å². The van der Waals surface area contributed by atoms with E-state index in [4.69, 9.17) is 16.3 Å². The van der Waals surface area contributed by atoms with E-state index in [1.165, 1.54) is 5.56 Å². The van der Waals surface area contributed by atoms with Gasteiger partial charge in [-0.25, -0.2) is 0 Å². The molecule has 0 aliphatic carbocycles. The standard InChI is InChI=1S/C28H28ClN3O2/c1-28(2,3)23-10-12-26(13-11-23)34-19-21-7-4-8-22(14-21)27(33)31-25-16-30-32(18-25)17-20-6-5-9-24(29)15-20/h4-16,18H,17,19H2,1-3H3,(H,31,33). The molecule has 0 bridgehead atoms. The molecule has 0 spiro atoms. The highest BCUT2D eigenvalue weighted by molar-refractivity contribution is 6.30. The number of anilines is 1. The predicted octanol–water partition coefficient (Wildman–Crippen LogP) is 6.71. The number of hydrogen-bond donors (Lipinski definition) is 1. The molecule has 0 fully saturated rings. The SMILES string of the molecule is CC(C)(C)c1ccc(OCc2cccc(C(=O)Nc3cnn(Cc4cccc(Cl)c4)c3)c2)cc1. The normalized spacial score (nSPS) is 11.3. The van der Waals surface area contributed by atoms with Crippen LogP contribution in [0.5, 0.6) is 5.75 Å². The third-order valence-corrected chi connectivity index (χ3v) is 5.67. The number of ether oxygens (including phenoxy) is 1. The zero-order valence-corrected chi connectivity index (χ0v) is 20.3. The number of rotatable bonds is 7. The molecule has 34 heavy (non-hydrogen) atoms. The zero-order valence-electron chi connectivity index (χ0n) is 19.6. The molecular weight excluding hydrogens is 446 g/mol. The van der Waals surface area contributed by atoms with Crippen molar-refractivity contribution in [3.63, 3.8) is 0 Å². The summed E-state index contributed by atoms with van der Waals surface area (Å²) in [5, 5.41) is 7.92. The summed E-state index contributed by atoms with van der Waals surface area (Å²) in [6, 6.07) is 23.2. The van der Waals surface area contributed by atoms with Crippen LogP contribution in [0.2, 0.25) is 5.02 Å². The molecule has 0 radical (unpaired) electrons. The Morgan fingerprint density at radius 3 is 2.47 bits per heavy atom. The number of amides is 1. The molecule has 4 rings (SSSR count). The molecule has 0 aliphatic rings. The average molecular weight is 474 g/mol. The number of carbonyl (C=O) groups excluding carboxylic acids is 1. The second-order valence-electron chi connectivity index (χ2n) is 9.27. The number of carbonyl (C=O) groups is 1. The summed E-state index contributed by atoms with van der Waals surface area (Å²) in [4.78, 5) is 12.8. The van der Waals surface area contributed by atoms with E-state index in [0.29, 0.717) is 29.4 Å². The van der Waals surface area contributed by atoms with Crippen LogP contribution >= 0.6 is 11.6 Å². The summed E-state index contributed by atoms with van der Waals surface area (Å²) in [6.07, 6.45) is 3.43. The second kappa shape index (κ2) is 10.1. The lowest BCUT2D eigenvalue weighted by molar-refractivity contribution is 0.102. The second-order valence-corrected chi connectivity index (χ2v) is 9.71. The zero-order chi connectivity index (χ0) is 24.1. The van der Waals surface area contributed by atoms with E-state index in [0.717, 1.165) is 16.9 Å². The van der Waals surface area contributed by atoms with Crippen molar-refractivity contribution in [3.8, 4) is 5.75 Å². The van der Waals surface area contributed by atoms with Crippen molar-refractivity contribution in [2.24, 2.45) is 0 Å². The highest BCUT2D eigenvalue weighted by Gasteiger charge is 2.13. The summed E-state index contributed by atoms with van der Waals surface area (Å²) in [6.45, 7) is 7.50. The third-order valence-electron chi connectivity index (χ3n) is 5.44. The number of aromatic nitrogens is 2. The average Bonchev–Trinajstić information content (AvgIpc) is 3.24. The molecular formula is C28H28ClN3O2. The minimum absolute atomic E-state index is 0.103. The number of benzene rings is 3. The smallest absolute Gasteiger partial charge is 0.255 e. The number of nitrogens with one attached hydrogen (secondary N) is 1. The first-order chi connectivity index (χ1) is 16.3. The lowest BCUT2D eigenvalue weighted by Crippen LogP contribution is -2.12. The van der Waals surface area contributed by atoms with E-state index in [9.17, 15) is 4.79 Å². The molecule has 0 atom stereocenters. The van der Waals surface area contributed by atoms with Gasteiger partial charge in [0.05, 0.1) is 18.4 Å². The molecule has 0 saturated carbocycles. The quantitative estimate of drug-likeness (QED) is 0.324. The lowest BCUT2D eigenvalue weighted by atomic mass is 9.87. The van der Waals surface area contributed by atoms with E-state index >= 15 is 0 Å². The molecule has 5 nitrogen and oxygen atoms in total. The molecule has 0 unspecified atom stereocenters. The number of nitrogens with zero attached hydrogens (tertiary/aromatic N) is 2. The van der Waals surface area contributed by atoms with Crippen molar-refractivity contribution in [1.82, 2.24) is 9.78 Å². The topological polar surface area (TPSA) is 56.1 Å². The first kappa shape index (κ1) is 23.6. The fraction of sp³-hybridized carbons (Fsp3) is 0.214. The summed E-state index contributed by atoms with van der Waals surface area (Å²) in [5.74, 6) is 0.605. The van der Waals surface area contributed by atoms with Gasteiger partial charge in [-0.2, -0.15) is 5.10 Å². The molecule has 0 saturated heterocycles. The van der Waals surface area contributed by atoms with Gasteiger partial charge >= 0.3 is 0 Å². The van der Waals surface area contributed by atoms with E-state index in [1.807, 2.05) is 54.6 Å². The highest BCUT2D eigenvalue weighted by atomic mass is 35.5. The summed E-state index contributed by atoms with van der Waals surface area (Å²) >= 11 is 6.05. The van der Waals surface area contributed by atoms with E-state index in [1.54, 1.807) is 23.1 Å². The van der Waals surface area contributed by atoms with Crippen LogP contribution in [0.25, 0.3) is 0 Å². The number of hydrogen-bond acceptors (Lipinski definition) is 3. The van der Waals surface area contributed by atoms with Crippen LogP contribution in [0.15, 0.2) is 85.2 Å². The van der Waals surface area contributed by atoms with Crippen LogP contribution in [0.3, 0.4) is 0 Å². The van der Waals surface area contributed by atoms with Gasteiger partial charge in [-0.3, -0.25) is 9.48 Å². The molecule has 6 heteroatoms. The Balaban J connectivity index is 1.35. The maximum absolute atomic E-state index is 12.8. The van der Waals surface area contributed by atoms with Crippen LogP contribution in [-0.2, 0) is 18.6 Å². The van der Waals surface area contributed by atoms with E-state index in [-0.39, 0.29) is 11.3 Å². The van der Waals surface area contributed by atoms with Gasteiger partial charge in [-0.15, -0.1) is 0 Å². The fourth-order valence-corrected chi connectivity index (χ4v) is 3.77. The monoisotopic (exact) mass is 473 g/mol. The molecule has 1 heterocycles. The van der Waals surface area contributed by atoms with Gasteiger partial charge in [0.25, 0.3) is 5.91 Å². The van der Waals surface area contributed by atoms with Crippen molar-refractivity contribution in [2.75, 3.05) is 5.32 Å². The molecule has 1 aromatic heterocycles. The maximum Gasteiger partial charge on any atom is 0.255 e. The van der Waals surface area contributed by atoms with Crippen LogP contribution in [-0.4, -0.2) is 15.7 Å². The fourth-order valence-electron chi connectivity index (χ4n) is 3.56. The van der Waals surface area contributed by atoms with Crippen molar-refractivity contribution < 1.29 is 9.53 Å². The first-order valence-electron chi connectivity index (χ1n) is 11.2. The Morgan fingerprint density at radius 1 is 1.00 bits per heavy atom. The van der Waals surface area contributed by atoms with Crippen molar-refractivity contribution in [3.05, 3.63) is 112 Å². The van der Waals surface area contributed by atoms with Crippen molar-refractivity contribution in [2.45, 2.75) is 39.3 Å². The Morgan fingerprint density at radius 2 is 1.74 bits per heavy atom. The highest BCUT2D eigenvalue weighted by Crippen LogP contribution is 2.24. The van der Waals surface area contributed by atoms with Crippen molar-refractivity contribution in [1.29, 1.82) is 0 Å². The number of halogens is 1.